The summed E-state index contributed by atoms with van der Waals surface area (Å²) in [5.41, 5.74) is 0. The molecule has 20 heavy (non-hydrogen) atoms. The number of hydrogen-bond donors (Lipinski definition) is 1. The normalized spacial score (nSPS) is 19.4. The van der Waals surface area contributed by atoms with E-state index in [-0.39, 0.29) is 11.9 Å². The highest BCUT2D eigenvalue weighted by molar-refractivity contribution is 5.82. The van der Waals surface area contributed by atoms with Crippen LogP contribution < -0.4 is 10.1 Å². The first-order valence-electron chi connectivity index (χ1n) is 7.39. The van der Waals surface area contributed by atoms with Crippen molar-refractivity contribution in [3.8, 4) is 5.75 Å². The van der Waals surface area contributed by atoms with E-state index in [9.17, 15) is 4.79 Å². The molecule has 0 bridgehead atoms. The number of hydrogen-bond acceptors (Lipinski definition) is 3. The van der Waals surface area contributed by atoms with E-state index in [0.717, 1.165) is 25.1 Å². The van der Waals surface area contributed by atoms with Crippen LogP contribution in [-0.2, 0) is 4.79 Å². The van der Waals surface area contributed by atoms with Gasteiger partial charge in [0.15, 0.2) is 0 Å². The predicted molar refractivity (Wildman–Crippen MR) is 79.8 cm³/mol. The fourth-order valence-corrected chi connectivity index (χ4v) is 2.51. The molecule has 0 spiro atoms. The Balaban J connectivity index is 1.78. The molecule has 1 atom stereocenters. The van der Waals surface area contributed by atoms with E-state index in [1.54, 1.807) is 0 Å². The number of amides is 1. The van der Waals surface area contributed by atoms with Crippen LogP contribution in [0.3, 0.4) is 0 Å². The number of carbonyl (C=O) groups excluding carboxylic acids is 1. The van der Waals surface area contributed by atoms with Gasteiger partial charge in [0.2, 0.25) is 5.91 Å². The van der Waals surface area contributed by atoms with Crippen molar-refractivity contribution in [1.29, 1.82) is 0 Å². The predicted octanol–water partition coefficient (Wildman–Crippen LogP) is 2.05. The van der Waals surface area contributed by atoms with Gasteiger partial charge in [0.05, 0.1) is 12.6 Å². The van der Waals surface area contributed by atoms with Crippen LogP contribution in [-0.4, -0.2) is 42.6 Å². The summed E-state index contributed by atoms with van der Waals surface area (Å²) in [6, 6.07) is 10.0. The van der Waals surface area contributed by atoms with Crippen LogP contribution in [0, 0.1) is 0 Å². The third-order valence-electron chi connectivity index (χ3n) is 3.44. The molecule has 4 nitrogen and oxygen atoms in total. The first kappa shape index (κ1) is 14.9. The first-order valence-corrected chi connectivity index (χ1v) is 7.39. The second-order valence-corrected chi connectivity index (χ2v) is 5.50. The summed E-state index contributed by atoms with van der Waals surface area (Å²) < 4.78 is 5.66. The van der Waals surface area contributed by atoms with Crippen LogP contribution in [0.25, 0.3) is 0 Å². The van der Waals surface area contributed by atoms with Gasteiger partial charge < -0.3 is 15.0 Å². The lowest BCUT2D eigenvalue weighted by molar-refractivity contribution is -0.136. The van der Waals surface area contributed by atoms with E-state index in [1.807, 2.05) is 35.2 Å². The number of nitrogens with zero attached hydrogens (tertiary/aromatic N) is 1. The van der Waals surface area contributed by atoms with E-state index in [0.29, 0.717) is 19.2 Å². The molecular formula is C16H24N2O2. The molecule has 0 radical (unpaired) electrons. The molecule has 1 N–H and O–H groups in total. The van der Waals surface area contributed by atoms with Gasteiger partial charge in [-0.3, -0.25) is 4.79 Å². The van der Waals surface area contributed by atoms with Gasteiger partial charge in [0, 0.05) is 12.6 Å². The number of piperidine rings is 1. The molecule has 0 saturated carbocycles. The molecular weight excluding hydrogens is 252 g/mol. The van der Waals surface area contributed by atoms with E-state index in [2.05, 4.69) is 19.2 Å². The van der Waals surface area contributed by atoms with Crippen molar-refractivity contribution >= 4 is 5.91 Å². The SMILES string of the molecule is CC(C)NC1CCCN(CCOc2ccccc2)C1=O. The summed E-state index contributed by atoms with van der Waals surface area (Å²) in [6.45, 7) is 6.19. The van der Waals surface area contributed by atoms with Gasteiger partial charge in [0.25, 0.3) is 0 Å². The molecule has 0 aromatic heterocycles. The van der Waals surface area contributed by atoms with Crippen molar-refractivity contribution < 1.29 is 9.53 Å². The fraction of sp³-hybridized carbons (Fsp3) is 0.562. The summed E-state index contributed by atoms with van der Waals surface area (Å²) in [7, 11) is 0. The van der Waals surface area contributed by atoms with Crippen molar-refractivity contribution in [2.75, 3.05) is 19.7 Å². The summed E-state index contributed by atoms with van der Waals surface area (Å²) >= 11 is 0. The number of ether oxygens (including phenoxy) is 1. The average Bonchev–Trinajstić information content (AvgIpc) is 2.43. The van der Waals surface area contributed by atoms with Crippen molar-refractivity contribution in [1.82, 2.24) is 10.2 Å². The average molecular weight is 276 g/mol. The molecule has 1 amide bonds. The molecule has 1 unspecified atom stereocenters. The van der Waals surface area contributed by atoms with Crippen molar-refractivity contribution in [3.05, 3.63) is 30.3 Å². The molecule has 1 aromatic carbocycles. The first-order chi connectivity index (χ1) is 9.66. The summed E-state index contributed by atoms with van der Waals surface area (Å²) in [5.74, 6) is 1.07. The maximum atomic E-state index is 12.3. The van der Waals surface area contributed by atoms with Gasteiger partial charge in [0.1, 0.15) is 12.4 Å². The lowest BCUT2D eigenvalue weighted by Crippen LogP contribution is -2.53. The number of likely N-dealkylation sites (tertiary alicyclic amines) is 1. The second-order valence-electron chi connectivity index (χ2n) is 5.50. The highest BCUT2D eigenvalue weighted by atomic mass is 16.5. The smallest absolute Gasteiger partial charge is 0.239 e. The standard InChI is InChI=1S/C16H24N2O2/c1-13(2)17-15-9-6-10-18(16(15)19)11-12-20-14-7-4-3-5-8-14/h3-5,7-8,13,15,17H,6,9-12H2,1-2H3. The minimum absolute atomic E-state index is 0.0273. The van der Waals surface area contributed by atoms with Gasteiger partial charge in [-0.15, -0.1) is 0 Å². The summed E-state index contributed by atoms with van der Waals surface area (Å²) in [5, 5.41) is 3.34. The molecule has 1 aliphatic rings. The second kappa shape index (κ2) is 7.29. The fourth-order valence-electron chi connectivity index (χ4n) is 2.51. The Bertz CT molecular complexity index is 420. The Labute approximate surface area is 121 Å². The van der Waals surface area contributed by atoms with Gasteiger partial charge in [-0.1, -0.05) is 32.0 Å². The number of rotatable bonds is 6. The van der Waals surface area contributed by atoms with Crippen LogP contribution in [0.5, 0.6) is 5.75 Å². The minimum Gasteiger partial charge on any atom is -0.492 e. The molecule has 110 valence electrons. The zero-order valence-electron chi connectivity index (χ0n) is 12.3. The maximum absolute atomic E-state index is 12.3. The van der Waals surface area contributed by atoms with Gasteiger partial charge in [-0.2, -0.15) is 0 Å². The van der Waals surface area contributed by atoms with Crippen LogP contribution in [0.15, 0.2) is 30.3 Å². The highest BCUT2D eigenvalue weighted by Gasteiger charge is 2.28. The van der Waals surface area contributed by atoms with Crippen LogP contribution in [0.4, 0.5) is 0 Å². The Hall–Kier alpha value is -1.55. The van der Waals surface area contributed by atoms with Crippen molar-refractivity contribution in [3.63, 3.8) is 0 Å². The largest absolute Gasteiger partial charge is 0.492 e. The van der Waals surface area contributed by atoms with Crippen LogP contribution >= 0.6 is 0 Å². The third kappa shape index (κ3) is 4.23. The monoisotopic (exact) mass is 276 g/mol. The number of benzene rings is 1. The van der Waals surface area contributed by atoms with Crippen molar-refractivity contribution in [2.45, 2.75) is 38.8 Å². The van der Waals surface area contributed by atoms with Gasteiger partial charge >= 0.3 is 0 Å². The molecule has 1 aromatic rings. The Kier molecular flexibility index (Phi) is 5.41. The number of carbonyl (C=O) groups is 1. The zero-order chi connectivity index (χ0) is 14.4. The van der Waals surface area contributed by atoms with E-state index < -0.39 is 0 Å². The lowest BCUT2D eigenvalue weighted by Gasteiger charge is -2.33. The number of para-hydroxylation sites is 1. The van der Waals surface area contributed by atoms with Gasteiger partial charge in [-0.25, -0.2) is 0 Å². The van der Waals surface area contributed by atoms with Crippen LogP contribution in [0.2, 0.25) is 0 Å². The topological polar surface area (TPSA) is 41.6 Å². The zero-order valence-corrected chi connectivity index (χ0v) is 12.3. The molecule has 1 aliphatic heterocycles. The quantitative estimate of drug-likeness (QED) is 0.864. The lowest BCUT2D eigenvalue weighted by atomic mass is 10.0. The van der Waals surface area contributed by atoms with E-state index >= 15 is 0 Å². The molecule has 1 fully saturated rings. The Morgan fingerprint density at radius 2 is 2.10 bits per heavy atom. The molecule has 1 heterocycles. The van der Waals surface area contributed by atoms with Crippen molar-refractivity contribution in [2.24, 2.45) is 0 Å². The summed E-state index contributed by atoms with van der Waals surface area (Å²) in [6.07, 6.45) is 1.99. The molecule has 0 aliphatic carbocycles. The van der Waals surface area contributed by atoms with E-state index in [4.69, 9.17) is 4.74 Å². The molecule has 4 heteroatoms. The number of nitrogens with one attached hydrogen (secondary N) is 1. The minimum atomic E-state index is -0.0273. The van der Waals surface area contributed by atoms with E-state index in [1.165, 1.54) is 0 Å². The Morgan fingerprint density at radius 3 is 2.80 bits per heavy atom. The van der Waals surface area contributed by atoms with Gasteiger partial charge in [-0.05, 0) is 25.0 Å². The third-order valence-corrected chi connectivity index (χ3v) is 3.44. The summed E-state index contributed by atoms with van der Waals surface area (Å²) in [4.78, 5) is 14.2. The maximum Gasteiger partial charge on any atom is 0.239 e. The Morgan fingerprint density at radius 1 is 1.35 bits per heavy atom. The van der Waals surface area contributed by atoms with Crippen LogP contribution in [0.1, 0.15) is 26.7 Å². The molecule has 2 rings (SSSR count). The molecule has 1 saturated heterocycles. The highest BCUT2D eigenvalue weighted by Crippen LogP contribution is 2.13.